The van der Waals surface area contributed by atoms with Crippen molar-refractivity contribution in [2.24, 2.45) is 0 Å². The number of nitrogens with one attached hydrogen (secondary N) is 1. The average Bonchev–Trinajstić information content (AvgIpc) is 2.60. The largest absolute Gasteiger partial charge is 0.486 e. The van der Waals surface area contributed by atoms with E-state index in [9.17, 15) is 14.7 Å². The Balaban J connectivity index is 1.67. The summed E-state index contributed by atoms with van der Waals surface area (Å²) in [5, 5.41) is 12.2. The molecular formula is C18H21NO5. The van der Waals surface area contributed by atoms with E-state index in [4.69, 9.17) is 9.47 Å². The van der Waals surface area contributed by atoms with Gasteiger partial charge in [-0.3, -0.25) is 4.79 Å². The van der Waals surface area contributed by atoms with Gasteiger partial charge in [-0.05, 0) is 36.6 Å². The van der Waals surface area contributed by atoms with Crippen molar-refractivity contribution in [3.05, 3.63) is 29.8 Å². The fraction of sp³-hybridized carbons (Fsp3) is 0.444. The molecule has 1 heterocycles. The molecule has 6 nitrogen and oxygen atoms in total. The summed E-state index contributed by atoms with van der Waals surface area (Å²) in [5.41, 5.74) is -0.339. The van der Waals surface area contributed by atoms with Crippen LogP contribution in [-0.4, -0.2) is 35.7 Å². The van der Waals surface area contributed by atoms with Gasteiger partial charge in [-0.25, -0.2) is 4.79 Å². The summed E-state index contributed by atoms with van der Waals surface area (Å²) >= 11 is 0. The van der Waals surface area contributed by atoms with E-state index in [1.165, 1.54) is 6.08 Å². The fourth-order valence-electron chi connectivity index (χ4n) is 3.16. The van der Waals surface area contributed by atoms with Crippen LogP contribution in [0.1, 0.15) is 37.7 Å². The maximum Gasteiger partial charge on any atom is 0.329 e. The molecule has 0 aromatic heterocycles. The minimum absolute atomic E-state index is 0.394. The molecule has 2 aliphatic rings. The van der Waals surface area contributed by atoms with E-state index in [-0.39, 0.29) is 0 Å². The molecule has 1 aliphatic carbocycles. The van der Waals surface area contributed by atoms with Crippen molar-refractivity contribution in [1.29, 1.82) is 0 Å². The Morgan fingerprint density at radius 2 is 1.79 bits per heavy atom. The molecule has 0 atom stereocenters. The highest BCUT2D eigenvalue weighted by molar-refractivity contribution is 5.95. The van der Waals surface area contributed by atoms with Gasteiger partial charge in [0.2, 0.25) is 5.91 Å². The SMILES string of the molecule is O=C(/C=C/c1ccc2c(c1)OCCO2)NC1(C(=O)O)CCCCC1. The van der Waals surface area contributed by atoms with E-state index in [1.807, 2.05) is 6.07 Å². The first-order valence-corrected chi connectivity index (χ1v) is 8.22. The maximum absolute atomic E-state index is 12.2. The molecule has 24 heavy (non-hydrogen) atoms. The summed E-state index contributed by atoms with van der Waals surface area (Å²) in [4.78, 5) is 23.7. The number of benzene rings is 1. The third kappa shape index (κ3) is 3.53. The van der Waals surface area contributed by atoms with Crippen molar-refractivity contribution >= 4 is 18.0 Å². The molecule has 1 aromatic carbocycles. The van der Waals surface area contributed by atoms with E-state index >= 15 is 0 Å². The summed E-state index contributed by atoms with van der Waals surface area (Å²) in [6.07, 6.45) is 6.61. The second-order valence-corrected chi connectivity index (χ2v) is 6.17. The molecule has 0 spiro atoms. The lowest BCUT2D eigenvalue weighted by atomic mass is 9.81. The lowest BCUT2D eigenvalue weighted by Crippen LogP contribution is -2.55. The quantitative estimate of drug-likeness (QED) is 0.828. The van der Waals surface area contributed by atoms with Crippen LogP contribution in [-0.2, 0) is 9.59 Å². The lowest BCUT2D eigenvalue weighted by Gasteiger charge is -2.33. The first kappa shape index (κ1) is 16.4. The zero-order valence-corrected chi connectivity index (χ0v) is 13.4. The molecule has 1 fully saturated rings. The topological polar surface area (TPSA) is 84.9 Å². The van der Waals surface area contributed by atoms with Gasteiger partial charge < -0.3 is 19.9 Å². The van der Waals surface area contributed by atoms with Gasteiger partial charge in [-0.15, -0.1) is 0 Å². The first-order chi connectivity index (χ1) is 11.6. The number of amides is 1. The lowest BCUT2D eigenvalue weighted by molar-refractivity contribution is -0.148. The van der Waals surface area contributed by atoms with Crippen LogP contribution < -0.4 is 14.8 Å². The van der Waals surface area contributed by atoms with Gasteiger partial charge in [0.05, 0.1) is 0 Å². The molecule has 6 heteroatoms. The molecule has 1 aliphatic heterocycles. The molecule has 1 aromatic rings. The van der Waals surface area contributed by atoms with Gasteiger partial charge >= 0.3 is 5.97 Å². The van der Waals surface area contributed by atoms with Crippen LogP contribution in [0.5, 0.6) is 11.5 Å². The van der Waals surface area contributed by atoms with Crippen LogP contribution in [0.2, 0.25) is 0 Å². The molecule has 0 radical (unpaired) electrons. The van der Waals surface area contributed by atoms with Gasteiger partial charge in [0.25, 0.3) is 0 Å². The zero-order chi connectivity index (χ0) is 17.0. The van der Waals surface area contributed by atoms with Crippen molar-refractivity contribution in [2.75, 3.05) is 13.2 Å². The first-order valence-electron chi connectivity index (χ1n) is 8.22. The van der Waals surface area contributed by atoms with E-state index in [0.717, 1.165) is 24.8 Å². The monoisotopic (exact) mass is 331 g/mol. The van der Waals surface area contributed by atoms with E-state index in [1.54, 1.807) is 18.2 Å². The minimum atomic E-state index is -1.13. The number of rotatable bonds is 4. The van der Waals surface area contributed by atoms with Crippen molar-refractivity contribution in [2.45, 2.75) is 37.6 Å². The second-order valence-electron chi connectivity index (χ2n) is 6.17. The Morgan fingerprint density at radius 1 is 1.08 bits per heavy atom. The normalized spacial score (nSPS) is 19.0. The molecule has 3 rings (SSSR count). The number of aliphatic carboxylic acids is 1. The van der Waals surface area contributed by atoms with Crippen molar-refractivity contribution < 1.29 is 24.2 Å². The van der Waals surface area contributed by atoms with E-state index in [0.29, 0.717) is 37.6 Å². The van der Waals surface area contributed by atoms with Crippen molar-refractivity contribution in [1.82, 2.24) is 5.32 Å². The predicted molar refractivity (Wildman–Crippen MR) is 88.1 cm³/mol. The fourth-order valence-corrected chi connectivity index (χ4v) is 3.16. The number of hydrogen-bond donors (Lipinski definition) is 2. The highest BCUT2D eigenvalue weighted by Crippen LogP contribution is 2.31. The summed E-state index contributed by atoms with van der Waals surface area (Å²) in [6.45, 7) is 1.03. The molecule has 1 amide bonds. The Kier molecular flexibility index (Phi) is 4.74. The van der Waals surface area contributed by atoms with Crippen LogP contribution in [0.4, 0.5) is 0 Å². The van der Waals surface area contributed by atoms with Crippen molar-refractivity contribution in [3.8, 4) is 11.5 Å². The van der Waals surface area contributed by atoms with Gasteiger partial charge in [0.1, 0.15) is 18.8 Å². The predicted octanol–water partition coefficient (Wildman–Crippen LogP) is 2.37. The third-order valence-corrected chi connectivity index (χ3v) is 4.47. The van der Waals surface area contributed by atoms with Gasteiger partial charge in [0.15, 0.2) is 11.5 Å². The third-order valence-electron chi connectivity index (χ3n) is 4.47. The average molecular weight is 331 g/mol. The standard InChI is InChI=1S/C18H21NO5/c20-16(19-18(17(21)22)8-2-1-3-9-18)7-5-13-4-6-14-15(12-13)24-11-10-23-14/h4-7,12H,1-3,8-11H2,(H,19,20)(H,21,22)/b7-5+. The number of hydrogen-bond acceptors (Lipinski definition) is 4. The summed E-state index contributed by atoms with van der Waals surface area (Å²) in [7, 11) is 0. The van der Waals surface area contributed by atoms with Crippen LogP contribution >= 0.6 is 0 Å². The Bertz CT molecular complexity index is 661. The van der Waals surface area contributed by atoms with Crippen molar-refractivity contribution in [3.63, 3.8) is 0 Å². The Labute approximate surface area is 140 Å². The molecule has 0 bridgehead atoms. The highest BCUT2D eigenvalue weighted by Gasteiger charge is 2.40. The van der Waals surface area contributed by atoms with Crippen LogP contribution in [0.25, 0.3) is 6.08 Å². The molecule has 0 saturated heterocycles. The number of carboxylic acids is 1. The molecular weight excluding hydrogens is 310 g/mol. The highest BCUT2D eigenvalue weighted by atomic mass is 16.6. The second kappa shape index (κ2) is 6.95. The smallest absolute Gasteiger partial charge is 0.329 e. The van der Waals surface area contributed by atoms with Crippen LogP contribution in [0.3, 0.4) is 0 Å². The number of carboxylic acid groups (broad SMARTS) is 1. The number of fused-ring (bicyclic) bond motifs is 1. The molecule has 128 valence electrons. The van der Waals surface area contributed by atoms with Gasteiger partial charge in [-0.1, -0.05) is 25.3 Å². The summed E-state index contributed by atoms with van der Waals surface area (Å²) in [6, 6.07) is 5.42. The molecule has 2 N–H and O–H groups in total. The minimum Gasteiger partial charge on any atom is -0.486 e. The van der Waals surface area contributed by atoms with Gasteiger partial charge in [0, 0.05) is 6.08 Å². The van der Waals surface area contributed by atoms with E-state index in [2.05, 4.69) is 5.32 Å². The number of carbonyl (C=O) groups is 2. The van der Waals surface area contributed by atoms with Crippen LogP contribution in [0, 0.1) is 0 Å². The Hall–Kier alpha value is -2.50. The maximum atomic E-state index is 12.2. The molecule has 0 unspecified atom stereocenters. The van der Waals surface area contributed by atoms with Crippen LogP contribution in [0.15, 0.2) is 24.3 Å². The summed E-state index contributed by atoms with van der Waals surface area (Å²) in [5.74, 6) is -0.00884. The number of ether oxygens (including phenoxy) is 2. The van der Waals surface area contributed by atoms with E-state index < -0.39 is 17.4 Å². The summed E-state index contributed by atoms with van der Waals surface area (Å²) < 4.78 is 11.0. The van der Waals surface area contributed by atoms with Gasteiger partial charge in [-0.2, -0.15) is 0 Å². The zero-order valence-electron chi connectivity index (χ0n) is 13.4. The number of carbonyl (C=O) groups excluding carboxylic acids is 1. The Morgan fingerprint density at radius 3 is 2.50 bits per heavy atom. The molecule has 1 saturated carbocycles.